The Morgan fingerprint density at radius 2 is 0.558 bits per heavy atom. The largest absolute Gasteiger partial charge is 0.0616 e. The van der Waals surface area contributed by atoms with Crippen molar-refractivity contribution in [1.82, 2.24) is 0 Å². The molecule has 0 heteroatoms. The number of benzene rings is 10. The SMILES string of the molecule is c1ccc2c(c1)-c1ccccc1-c1ccc(-c3c4ccccc4c(-c4cc5ccccc5c5ccccc45)c4ccccc34)cc1-c1ccccc1-2. The summed E-state index contributed by atoms with van der Waals surface area (Å²) in [5.74, 6) is 0. The lowest BCUT2D eigenvalue weighted by atomic mass is 9.79. The fourth-order valence-corrected chi connectivity index (χ4v) is 9.01. The topological polar surface area (TPSA) is 0 Å². The lowest BCUT2D eigenvalue weighted by Crippen LogP contribution is -1.98. The molecule has 0 radical (unpaired) electrons. The molecule has 0 amide bonds. The van der Waals surface area contributed by atoms with Gasteiger partial charge in [-0.25, -0.2) is 0 Å². The molecule has 0 nitrogen and oxygen atoms in total. The summed E-state index contributed by atoms with van der Waals surface area (Å²) in [6, 6.07) is 72.0. The van der Waals surface area contributed by atoms with Crippen LogP contribution in [0.1, 0.15) is 0 Å². The molecule has 0 unspecified atom stereocenters. The van der Waals surface area contributed by atoms with Crippen molar-refractivity contribution in [3.8, 4) is 66.8 Å². The van der Waals surface area contributed by atoms with E-state index in [1.165, 1.54) is 110 Å². The Balaban J connectivity index is 1.24. The van der Waals surface area contributed by atoms with E-state index in [1.807, 2.05) is 0 Å². The van der Waals surface area contributed by atoms with Gasteiger partial charge in [0.1, 0.15) is 0 Å². The van der Waals surface area contributed by atoms with Crippen molar-refractivity contribution in [3.63, 3.8) is 0 Å². The lowest BCUT2D eigenvalue weighted by Gasteiger charge is -2.24. The average Bonchev–Trinajstić information content (AvgIpc) is 3.22. The van der Waals surface area contributed by atoms with Gasteiger partial charge in [-0.15, -0.1) is 0 Å². The minimum Gasteiger partial charge on any atom is -0.0616 e. The van der Waals surface area contributed by atoms with Gasteiger partial charge < -0.3 is 0 Å². The molecule has 0 heterocycles. The zero-order valence-corrected chi connectivity index (χ0v) is 28.5. The maximum atomic E-state index is 2.46. The minimum absolute atomic E-state index is 1.22. The first-order valence-electron chi connectivity index (χ1n) is 18.1. The molecule has 0 spiro atoms. The van der Waals surface area contributed by atoms with Crippen LogP contribution in [0.3, 0.4) is 0 Å². The van der Waals surface area contributed by atoms with Crippen LogP contribution in [0.5, 0.6) is 0 Å². The molecule has 0 aliphatic heterocycles. The molecule has 0 bridgehead atoms. The molecule has 10 aromatic carbocycles. The zero-order valence-electron chi connectivity index (χ0n) is 28.5. The van der Waals surface area contributed by atoms with Crippen LogP contribution in [-0.2, 0) is 0 Å². The van der Waals surface area contributed by atoms with Crippen LogP contribution >= 0.6 is 0 Å². The van der Waals surface area contributed by atoms with Crippen LogP contribution in [0.4, 0.5) is 0 Å². The van der Waals surface area contributed by atoms with E-state index in [0.29, 0.717) is 0 Å². The van der Waals surface area contributed by atoms with Gasteiger partial charge in [-0.2, -0.15) is 0 Å². The highest BCUT2D eigenvalue weighted by molar-refractivity contribution is 6.26. The van der Waals surface area contributed by atoms with Gasteiger partial charge in [0.25, 0.3) is 0 Å². The second-order valence-electron chi connectivity index (χ2n) is 13.9. The van der Waals surface area contributed by atoms with E-state index in [2.05, 4.69) is 194 Å². The molecule has 1 aliphatic rings. The summed E-state index contributed by atoms with van der Waals surface area (Å²) in [5, 5.41) is 10.2. The summed E-state index contributed by atoms with van der Waals surface area (Å²) < 4.78 is 0. The van der Waals surface area contributed by atoms with Crippen molar-refractivity contribution in [1.29, 1.82) is 0 Å². The molecule has 0 saturated carbocycles. The van der Waals surface area contributed by atoms with E-state index in [0.717, 1.165) is 0 Å². The second-order valence-corrected chi connectivity index (χ2v) is 13.9. The third-order valence-corrected chi connectivity index (χ3v) is 11.2. The van der Waals surface area contributed by atoms with Crippen LogP contribution in [-0.4, -0.2) is 0 Å². The highest BCUT2D eigenvalue weighted by Gasteiger charge is 2.24. The van der Waals surface area contributed by atoms with Crippen molar-refractivity contribution in [3.05, 3.63) is 194 Å². The van der Waals surface area contributed by atoms with Crippen molar-refractivity contribution >= 4 is 43.1 Å². The smallest absolute Gasteiger partial charge is 0.00199 e. The van der Waals surface area contributed by atoms with Gasteiger partial charge in [0, 0.05) is 0 Å². The Morgan fingerprint density at radius 1 is 0.192 bits per heavy atom. The monoisotopic (exact) mass is 656 g/mol. The first kappa shape index (κ1) is 29.0. The highest BCUT2D eigenvalue weighted by atomic mass is 14.3. The maximum Gasteiger partial charge on any atom is -0.00199 e. The third-order valence-electron chi connectivity index (χ3n) is 11.2. The molecule has 0 atom stereocenters. The molecule has 240 valence electrons. The van der Waals surface area contributed by atoms with E-state index < -0.39 is 0 Å². The van der Waals surface area contributed by atoms with E-state index in [1.54, 1.807) is 0 Å². The Morgan fingerprint density at radius 3 is 1.08 bits per heavy atom. The predicted molar refractivity (Wildman–Crippen MR) is 223 cm³/mol. The number of hydrogen-bond acceptors (Lipinski definition) is 0. The summed E-state index contributed by atoms with van der Waals surface area (Å²) in [4.78, 5) is 0. The molecular formula is C52H32. The molecule has 0 N–H and O–H groups in total. The summed E-state index contributed by atoms with van der Waals surface area (Å²) in [6.07, 6.45) is 0. The van der Waals surface area contributed by atoms with E-state index in [-0.39, 0.29) is 0 Å². The standard InChI is InChI=1S/C52H32/c1-2-16-35-33(15-1)31-50(43-24-10-3-17-36(35)43)52-47-27-13-11-25-45(47)51(46-26-12-14-28-48(46)52)34-29-30-44-41-22-7-6-20-39(41)37-18-4-5-19-38(37)40-21-8-9-23-42(40)49(44)32-34/h1-32H. The lowest BCUT2D eigenvalue weighted by molar-refractivity contribution is 1.52. The van der Waals surface area contributed by atoms with Gasteiger partial charge in [-0.05, 0) is 122 Å². The summed E-state index contributed by atoms with van der Waals surface area (Å²) in [5.41, 5.74) is 15.2. The summed E-state index contributed by atoms with van der Waals surface area (Å²) in [7, 11) is 0. The summed E-state index contributed by atoms with van der Waals surface area (Å²) in [6.45, 7) is 0. The fraction of sp³-hybridized carbons (Fsp3) is 0. The van der Waals surface area contributed by atoms with E-state index in [9.17, 15) is 0 Å². The van der Waals surface area contributed by atoms with Gasteiger partial charge in [0.2, 0.25) is 0 Å². The van der Waals surface area contributed by atoms with Crippen LogP contribution < -0.4 is 0 Å². The molecule has 52 heavy (non-hydrogen) atoms. The highest BCUT2D eigenvalue weighted by Crippen LogP contribution is 2.51. The molecule has 1 aliphatic carbocycles. The number of hydrogen-bond donors (Lipinski definition) is 0. The quantitative estimate of drug-likeness (QED) is 0.128. The normalized spacial score (nSPS) is 11.8. The van der Waals surface area contributed by atoms with Crippen molar-refractivity contribution in [2.45, 2.75) is 0 Å². The second kappa shape index (κ2) is 11.4. The number of rotatable bonds is 2. The first-order valence-corrected chi connectivity index (χ1v) is 18.1. The summed E-state index contributed by atoms with van der Waals surface area (Å²) >= 11 is 0. The Kier molecular flexibility index (Phi) is 6.35. The van der Waals surface area contributed by atoms with Gasteiger partial charge in [-0.1, -0.05) is 182 Å². The molecule has 11 rings (SSSR count). The molecule has 0 aromatic heterocycles. The molecule has 0 saturated heterocycles. The maximum absolute atomic E-state index is 2.46. The fourth-order valence-electron chi connectivity index (χ4n) is 9.01. The van der Waals surface area contributed by atoms with Gasteiger partial charge in [-0.3, -0.25) is 0 Å². The Labute approximate surface area is 302 Å². The predicted octanol–water partition coefficient (Wildman–Crippen LogP) is 14.6. The molecule has 0 fully saturated rings. The van der Waals surface area contributed by atoms with Crippen molar-refractivity contribution in [2.75, 3.05) is 0 Å². The van der Waals surface area contributed by atoms with Gasteiger partial charge in [0.15, 0.2) is 0 Å². The van der Waals surface area contributed by atoms with Gasteiger partial charge >= 0.3 is 0 Å². The molecular weight excluding hydrogens is 625 g/mol. The Bertz CT molecular complexity index is 3010. The van der Waals surface area contributed by atoms with Gasteiger partial charge in [0.05, 0.1) is 0 Å². The Hall–Kier alpha value is -6.76. The minimum atomic E-state index is 1.22. The molecule has 10 aromatic rings. The van der Waals surface area contributed by atoms with Crippen LogP contribution in [0.15, 0.2) is 194 Å². The average molecular weight is 657 g/mol. The van der Waals surface area contributed by atoms with Crippen molar-refractivity contribution in [2.24, 2.45) is 0 Å². The third kappa shape index (κ3) is 4.22. The first-order chi connectivity index (χ1) is 25.8. The van der Waals surface area contributed by atoms with E-state index >= 15 is 0 Å². The van der Waals surface area contributed by atoms with Crippen molar-refractivity contribution < 1.29 is 0 Å². The van der Waals surface area contributed by atoms with Crippen LogP contribution in [0.2, 0.25) is 0 Å². The van der Waals surface area contributed by atoms with E-state index in [4.69, 9.17) is 0 Å². The van der Waals surface area contributed by atoms with Crippen LogP contribution in [0, 0.1) is 0 Å². The zero-order chi connectivity index (χ0) is 34.2. The van der Waals surface area contributed by atoms with Crippen LogP contribution in [0.25, 0.3) is 110 Å². The number of fused-ring (bicyclic) bond motifs is 13.